The quantitative estimate of drug-likeness (QED) is 0.143. The molecule has 2 aromatic carbocycles. The number of nitrogens with one attached hydrogen (secondary N) is 1. The number of aromatic nitrogens is 1. The summed E-state index contributed by atoms with van der Waals surface area (Å²) in [5.41, 5.74) is 2.54. The Kier molecular flexibility index (Phi) is 10.9. The number of rotatable bonds is 13. The number of para-hydroxylation sites is 1. The first-order valence-electron chi connectivity index (χ1n) is 12.7. The highest BCUT2D eigenvalue weighted by Gasteiger charge is 2.20. The largest absolute Gasteiger partial charge is 0.507 e. The molecule has 0 fully saturated rings. The number of carboxylic acid groups (broad SMARTS) is 1. The van der Waals surface area contributed by atoms with Crippen molar-refractivity contribution in [3.05, 3.63) is 63.0 Å². The number of halogens is 1. The number of aliphatic carboxylic acids is 1. The molecular weight excluding hydrogens is 540 g/mol. The van der Waals surface area contributed by atoms with E-state index in [2.05, 4.69) is 17.2 Å². The van der Waals surface area contributed by atoms with Gasteiger partial charge in [-0.25, -0.2) is 9.78 Å². The summed E-state index contributed by atoms with van der Waals surface area (Å²) < 4.78 is 11.8. The number of amides is 1. The Hall–Kier alpha value is -3.40. The van der Waals surface area contributed by atoms with E-state index in [0.29, 0.717) is 23.2 Å². The van der Waals surface area contributed by atoms with E-state index in [1.165, 1.54) is 49.3 Å². The predicted octanol–water partition coefficient (Wildman–Crippen LogP) is 7.58. The highest BCUT2D eigenvalue weighted by molar-refractivity contribution is 7.14. The van der Waals surface area contributed by atoms with Crippen molar-refractivity contribution in [2.45, 2.75) is 52.6 Å². The lowest BCUT2D eigenvalue weighted by molar-refractivity contribution is -0.132. The fraction of sp³-hybridized carbons (Fsp3) is 0.345. The lowest BCUT2D eigenvalue weighted by atomic mass is 10.0. The van der Waals surface area contributed by atoms with Crippen LogP contribution < -0.4 is 10.1 Å². The summed E-state index contributed by atoms with van der Waals surface area (Å²) >= 11 is 7.47. The van der Waals surface area contributed by atoms with Crippen molar-refractivity contribution in [2.24, 2.45) is 0 Å². The van der Waals surface area contributed by atoms with Crippen molar-refractivity contribution in [1.29, 1.82) is 0 Å². The SMILES string of the molecule is CCCCCCO[C@@H](C)c1cccc(-c2csc(NC(=O)c3cc(O)c(/C=C(\C)C(=O)O)c(Cl)c3)n2)c1OC. The van der Waals surface area contributed by atoms with Gasteiger partial charge in [0.2, 0.25) is 0 Å². The van der Waals surface area contributed by atoms with Crippen LogP contribution in [-0.2, 0) is 9.53 Å². The van der Waals surface area contributed by atoms with Crippen LogP contribution in [0, 0.1) is 0 Å². The van der Waals surface area contributed by atoms with Crippen molar-refractivity contribution in [2.75, 3.05) is 19.0 Å². The second kappa shape index (κ2) is 14.1. The molecule has 1 aromatic heterocycles. The van der Waals surface area contributed by atoms with Gasteiger partial charge in [0.1, 0.15) is 11.5 Å². The highest BCUT2D eigenvalue weighted by atomic mass is 35.5. The molecule has 208 valence electrons. The molecular formula is C29H33ClN2O6S. The molecule has 8 nitrogen and oxygen atoms in total. The molecule has 0 saturated carbocycles. The van der Waals surface area contributed by atoms with Crippen molar-refractivity contribution < 1.29 is 29.3 Å². The normalized spacial score (nSPS) is 12.3. The Morgan fingerprint density at radius 1 is 1.23 bits per heavy atom. The zero-order chi connectivity index (χ0) is 28.5. The number of carbonyl (C=O) groups is 2. The molecule has 0 saturated heterocycles. The molecule has 3 N–H and O–H groups in total. The zero-order valence-electron chi connectivity index (χ0n) is 22.4. The van der Waals surface area contributed by atoms with Crippen LogP contribution in [0.2, 0.25) is 5.02 Å². The van der Waals surface area contributed by atoms with Gasteiger partial charge in [-0.2, -0.15) is 0 Å². The minimum absolute atomic E-state index is 0.00727. The number of methoxy groups -OCH3 is 1. The van der Waals surface area contributed by atoms with E-state index in [1.54, 1.807) is 7.11 Å². The molecule has 1 heterocycles. The maximum absolute atomic E-state index is 12.9. The average Bonchev–Trinajstić information content (AvgIpc) is 3.37. The predicted molar refractivity (Wildman–Crippen MR) is 155 cm³/mol. The van der Waals surface area contributed by atoms with Gasteiger partial charge >= 0.3 is 5.97 Å². The van der Waals surface area contributed by atoms with E-state index in [0.717, 1.165) is 24.0 Å². The van der Waals surface area contributed by atoms with Gasteiger partial charge in [-0.3, -0.25) is 10.1 Å². The second-order valence-corrected chi connectivity index (χ2v) is 10.3. The van der Waals surface area contributed by atoms with Crippen molar-refractivity contribution in [3.63, 3.8) is 0 Å². The standard InChI is InChI=1S/C29H33ClN2O6S/c1-5-6-7-8-12-38-18(3)20-10-9-11-21(26(20)37-4)24-16-39-29(31-24)32-27(34)19-14-23(30)22(25(33)15-19)13-17(2)28(35)36/h9-11,13-16,18,33H,5-8,12H2,1-4H3,(H,35,36)(H,31,32,34)/b17-13+/t18-/m0/s1. The number of hydrogen-bond acceptors (Lipinski definition) is 7. The number of nitrogens with zero attached hydrogens (tertiary/aromatic N) is 1. The molecule has 0 aliphatic rings. The Bertz CT molecular complexity index is 1330. The van der Waals surface area contributed by atoms with Gasteiger partial charge < -0.3 is 19.7 Å². The van der Waals surface area contributed by atoms with Crippen molar-refractivity contribution >= 4 is 46.0 Å². The molecule has 1 amide bonds. The molecule has 0 unspecified atom stereocenters. The summed E-state index contributed by atoms with van der Waals surface area (Å²) in [4.78, 5) is 28.5. The smallest absolute Gasteiger partial charge is 0.331 e. The fourth-order valence-corrected chi connectivity index (χ4v) is 4.94. The Morgan fingerprint density at radius 2 is 2.00 bits per heavy atom. The number of carboxylic acids is 1. The van der Waals surface area contributed by atoms with Crippen LogP contribution in [-0.4, -0.2) is 40.8 Å². The molecule has 3 rings (SSSR count). The van der Waals surface area contributed by atoms with E-state index in [-0.39, 0.29) is 33.6 Å². The lowest BCUT2D eigenvalue weighted by Crippen LogP contribution is -2.12. The number of carbonyl (C=O) groups excluding carboxylic acids is 1. The van der Waals surface area contributed by atoms with Crippen LogP contribution in [0.3, 0.4) is 0 Å². The molecule has 1 atom stereocenters. The van der Waals surface area contributed by atoms with E-state index >= 15 is 0 Å². The third-order valence-corrected chi connectivity index (χ3v) is 7.19. The Morgan fingerprint density at radius 3 is 2.67 bits per heavy atom. The van der Waals surface area contributed by atoms with E-state index in [4.69, 9.17) is 26.2 Å². The summed E-state index contributed by atoms with van der Waals surface area (Å²) in [6, 6.07) is 8.39. The van der Waals surface area contributed by atoms with Crippen LogP contribution in [0.25, 0.3) is 17.3 Å². The number of unbranched alkanes of at least 4 members (excludes halogenated alkanes) is 3. The Labute approximate surface area is 237 Å². The highest BCUT2D eigenvalue weighted by Crippen LogP contribution is 2.38. The van der Waals surface area contributed by atoms with E-state index < -0.39 is 11.9 Å². The van der Waals surface area contributed by atoms with Crippen LogP contribution in [0.1, 0.15) is 74.0 Å². The number of thiazole rings is 1. The monoisotopic (exact) mass is 572 g/mol. The van der Waals surface area contributed by atoms with Gasteiger partial charge in [-0.1, -0.05) is 49.9 Å². The summed E-state index contributed by atoms with van der Waals surface area (Å²) in [6.07, 6.45) is 5.62. The number of benzene rings is 2. The van der Waals surface area contributed by atoms with Gasteiger partial charge in [0.05, 0.1) is 23.9 Å². The third kappa shape index (κ3) is 7.81. The molecule has 39 heavy (non-hydrogen) atoms. The molecule has 10 heteroatoms. The van der Waals surface area contributed by atoms with E-state index in [9.17, 15) is 14.7 Å². The summed E-state index contributed by atoms with van der Waals surface area (Å²) in [5, 5.41) is 24.4. The number of phenolic OH excluding ortho intramolecular Hbond substituents is 1. The number of hydrogen-bond donors (Lipinski definition) is 3. The number of phenols is 1. The van der Waals surface area contributed by atoms with E-state index in [1.807, 2.05) is 30.5 Å². The molecule has 0 bridgehead atoms. The summed E-state index contributed by atoms with van der Waals surface area (Å²) in [6.45, 7) is 6.24. The minimum Gasteiger partial charge on any atom is -0.507 e. The first-order valence-corrected chi connectivity index (χ1v) is 13.9. The van der Waals surface area contributed by atoms with Crippen LogP contribution in [0.5, 0.6) is 11.5 Å². The third-order valence-electron chi connectivity index (χ3n) is 6.12. The topological polar surface area (TPSA) is 118 Å². The Balaban J connectivity index is 1.77. The van der Waals surface area contributed by atoms with Crippen LogP contribution in [0.4, 0.5) is 5.13 Å². The number of ether oxygens (including phenoxy) is 2. The van der Waals surface area contributed by atoms with Gasteiger partial charge in [0.15, 0.2) is 5.13 Å². The van der Waals surface area contributed by atoms with Crippen LogP contribution >= 0.6 is 22.9 Å². The first kappa shape index (κ1) is 30.1. The van der Waals surface area contributed by atoms with Crippen molar-refractivity contribution in [1.82, 2.24) is 4.98 Å². The molecule has 3 aromatic rings. The molecule has 0 aliphatic heterocycles. The second-order valence-electron chi connectivity index (χ2n) is 9.02. The number of aromatic hydroxyl groups is 1. The van der Waals surface area contributed by atoms with Gasteiger partial charge in [0, 0.05) is 39.8 Å². The molecule has 0 spiro atoms. The van der Waals surface area contributed by atoms with Gasteiger partial charge in [0.25, 0.3) is 5.91 Å². The zero-order valence-corrected chi connectivity index (χ0v) is 24.0. The average molecular weight is 573 g/mol. The van der Waals surface area contributed by atoms with Gasteiger partial charge in [-0.15, -0.1) is 11.3 Å². The summed E-state index contributed by atoms with van der Waals surface area (Å²) in [7, 11) is 1.61. The lowest BCUT2D eigenvalue weighted by Gasteiger charge is -2.18. The maximum atomic E-state index is 12.9. The minimum atomic E-state index is -1.14. The first-order chi connectivity index (χ1) is 18.7. The maximum Gasteiger partial charge on any atom is 0.331 e. The molecule has 0 aliphatic carbocycles. The van der Waals surface area contributed by atoms with Gasteiger partial charge in [-0.05, 0) is 44.5 Å². The number of anilines is 1. The summed E-state index contributed by atoms with van der Waals surface area (Å²) in [5.74, 6) is -1.31. The van der Waals surface area contributed by atoms with Crippen molar-refractivity contribution in [3.8, 4) is 22.8 Å². The van der Waals surface area contributed by atoms with Crippen LogP contribution in [0.15, 0.2) is 41.3 Å². The molecule has 0 radical (unpaired) electrons. The fourth-order valence-electron chi connectivity index (χ4n) is 3.96.